The van der Waals surface area contributed by atoms with E-state index < -0.39 is 4.92 Å². The second kappa shape index (κ2) is 6.52. The number of rotatable bonds is 5. The van der Waals surface area contributed by atoms with Crippen molar-refractivity contribution in [3.05, 3.63) is 38.9 Å². The number of amides is 1. The molecule has 0 spiro atoms. The van der Waals surface area contributed by atoms with Crippen molar-refractivity contribution < 1.29 is 9.72 Å². The molecule has 1 aromatic rings. The maximum absolute atomic E-state index is 12.2. The smallest absolute Gasteiger partial charge is 0.287 e. The van der Waals surface area contributed by atoms with Gasteiger partial charge in [-0.1, -0.05) is 24.9 Å². The summed E-state index contributed by atoms with van der Waals surface area (Å²) in [5, 5.41) is 10.6. The molecule has 1 unspecified atom stereocenters. The molecule has 1 aromatic carbocycles. The van der Waals surface area contributed by atoms with Gasteiger partial charge < -0.3 is 4.90 Å². The highest BCUT2D eigenvalue weighted by Gasteiger charge is 2.20. The first-order chi connectivity index (χ1) is 8.88. The summed E-state index contributed by atoms with van der Waals surface area (Å²) in [6.45, 7) is 4.02. The Kier molecular flexibility index (Phi) is 5.30. The van der Waals surface area contributed by atoms with Crippen molar-refractivity contribution in [1.82, 2.24) is 4.90 Å². The fraction of sp³-hybridized carbons (Fsp3) is 0.462. The van der Waals surface area contributed by atoms with E-state index in [1.807, 2.05) is 6.92 Å². The summed E-state index contributed by atoms with van der Waals surface area (Å²) in [5.74, 6) is -0.183. The van der Waals surface area contributed by atoms with E-state index in [2.05, 4.69) is 6.92 Å². The lowest BCUT2D eigenvalue weighted by Crippen LogP contribution is -2.34. The van der Waals surface area contributed by atoms with E-state index in [-0.39, 0.29) is 22.7 Å². The number of hydrogen-bond acceptors (Lipinski definition) is 3. The standard InChI is InChI=1S/C13H17ClN2O3/c1-4-5-9(2)15(3)13(17)10-6-7-12(16(18)19)11(14)8-10/h6-9H,4-5H2,1-3H3. The number of nitro groups is 1. The number of carbonyl (C=O) groups excluding carboxylic acids is 1. The molecule has 0 saturated heterocycles. The van der Waals surface area contributed by atoms with Gasteiger partial charge in [0.25, 0.3) is 11.6 Å². The minimum atomic E-state index is -0.569. The van der Waals surface area contributed by atoms with Crippen molar-refractivity contribution in [2.24, 2.45) is 0 Å². The molecule has 0 aliphatic carbocycles. The molecule has 0 radical (unpaired) electrons. The van der Waals surface area contributed by atoms with Gasteiger partial charge in [0.15, 0.2) is 0 Å². The molecule has 0 saturated carbocycles. The third-order valence-corrected chi connectivity index (χ3v) is 3.38. The van der Waals surface area contributed by atoms with Gasteiger partial charge >= 0.3 is 0 Å². The van der Waals surface area contributed by atoms with Crippen LogP contribution in [0.2, 0.25) is 5.02 Å². The Balaban J connectivity index is 2.95. The number of nitro benzene ring substituents is 1. The van der Waals surface area contributed by atoms with Gasteiger partial charge in [-0.25, -0.2) is 0 Å². The lowest BCUT2D eigenvalue weighted by molar-refractivity contribution is -0.384. The topological polar surface area (TPSA) is 63.5 Å². The van der Waals surface area contributed by atoms with Gasteiger partial charge in [-0.3, -0.25) is 14.9 Å². The quantitative estimate of drug-likeness (QED) is 0.614. The van der Waals surface area contributed by atoms with Crippen LogP contribution in [0.15, 0.2) is 18.2 Å². The van der Waals surface area contributed by atoms with Crippen LogP contribution < -0.4 is 0 Å². The van der Waals surface area contributed by atoms with Crippen LogP contribution in [0.25, 0.3) is 0 Å². The number of halogens is 1. The third kappa shape index (κ3) is 3.67. The molecule has 1 rings (SSSR count). The summed E-state index contributed by atoms with van der Waals surface area (Å²) >= 11 is 5.80. The molecule has 6 heteroatoms. The highest BCUT2D eigenvalue weighted by Crippen LogP contribution is 2.25. The monoisotopic (exact) mass is 284 g/mol. The zero-order valence-electron chi connectivity index (χ0n) is 11.2. The molecule has 0 aliphatic heterocycles. The molecule has 0 bridgehead atoms. The highest BCUT2D eigenvalue weighted by molar-refractivity contribution is 6.33. The Bertz CT molecular complexity index is 491. The molecule has 19 heavy (non-hydrogen) atoms. The van der Waals surface area contributed by atoms with Gasteiger partial charge in [0.2, 0.25) is 0 Å². The van der Waals surface area contributed by atoms with Crippen molar-refractivity contribution in [3.8, 4) is 0 Å². The zero-order chi connectivity index (χ0) is 14.6. The zero-order valence-corrected chi connectivity index (χ0v) is 12.0. The van der Waals surface area contributed by atoms with Gasteiger partial charge in [-0.05, 0) is 25.5 Å². The first kappa shape index (κ1) is 15.4. The Morgan fingerprint density at radius 1 is 1.53 bits per heavy atom. The predicted molar refractivity (Wildman–Crippen MR) is 74.6 cm³/mol. The Hall–Kier alpha value is -1.62. The van der Waals surface area contributed by atoms with E-state index in [0.717, 1.165) is 12.8 Å². The summed E-state index contributed by atoms with van der Waals surface area (Å²) in [6, 6.07) is 4.15. The first-order valence-corrected chi connectivity index (χ1v) is 6.47. The van der Waals surface area contributed by atoms with Crippen LogP contribution in [0.5, 0.6) is 0 Å². The largest absolute Gasteiger partial charge is 0.339 e. The number of nitrogens with zero attached hydrogens (tertiary/aromatic N) is 2. The van der Waals surface area contributed by atoms with Gasteiger partial charge in [0.1, 0.15) is 5.02 Å². The number of hydrogen-bond donors (Lipinski definition) is 0. The summed E-state index contributed by atoms with van der Waals surface area (Å²) in [4.78, 5) is 23.9. The van der Waals surface area contributed by atoms with Gasteiger partial charge in [-0.15, -0.1) is 0 Å². The normalized spacial score (nSPS) is 12.0. The molecular weight excluding hydrogens is 268 g/mol. The minimum absolute atomic E-state index is 0.0209. The lowest BCUT2D eigenvalue weighted by atomic mass is 10.1. The molecule has 0 N–H and O–H groups in total. The SMILES string of the molecule is CCCC(C)N(C)C(=O)c1ccc([N+](=O)[O-])c(Cl)c1. The second-order valence-electron chi connectivity index (χ2n) is 4.48. The minimum Gasteiger partial charge on any atom is -0.339 e. The van der Waals surface area contributed by atoms with Crippen LogP contribution >= 0.6 is 11.6 Å². The van der Waals surface area contributed by atoms with Crippen molar-refractivity contribution in [3.63, 3.8) is 0 Å². The van der Waals surface area contributed by atoms with E-state index in [1.165, 1.54) is 18.2 Å². The molecule has 0 aromatic heterocycles. The maximum atomic E-state index is 12.2. The van der Waals surface area contributed by atoms with Crippen LogP contribution in [-0.4, -0.2) is 28.8 Å². The van der Waals surface area contributed by atoms with Gasteiger partial charge in [0.05, 0.1) is 4.92 Å². The van der Waals surface area contributed by atoms with Crippen molar-refractivity contribution in [2.75, 3.05) is 7.05 Å². The molecule has 1 atom stereocenters. The van der Waals surface area contributed by atoms with Crippen LogP contribution in [0.3, 0.4) is 0 Å². The molecular formula is C13H17ClN2O3. The Morgan fingerprint density at radius 2 is 2.16 bits per heavy atom. The fourth-order valence-electron chi connectivity index (χ4n) is 1.80. The average Bonchev–Trinajstić information content (AvgIpc) is 2.36. The summed E-state index contributed by atoms with van der Waals surface area (Å²) < 4.78 is 0. The fourth-order valence-corrected chi connectivity index (χ4v) is 2.05. The third-order valence-electron chi connectivity index (χ3n) is 3.08. The molecule has 0 aliphatic rings. The van der Waals surface area contributed by atoms with Crippen molar-refractivity contribution in [2.45, 2.75) is 32.7 Å². The van der Waals surface area contributed by atoms with E-state index in [1.54, 1.807) is 11.9 Å². The Labute approximate surface area is 117 Å². The molecule has 5 nitrogen and oxygen atoms in total. The predicted octanol–water partition coefficient (Wildman–Crippen LogP) is 3.51. The summed E-state index contributed by atoms with van der Waals surface area (Å²) in [7, 11) is 1.72. The van der Waals surface area contributed by atoms with Crippen LogP contribution in [0, 0.1) is 10.1 Å². The lowest BCUT2D eigenvalue weighted by Gasteiger charge is -2.24. The molecule has 0 fully saturated rings. The first-order valence-electron chi connectivity index (χ1n) is 6.09. The second-order valence-corrected chi connectivity index (χ2v) is 4.88. The number of benzene rings is 1. The van der Waals surface area contributed by atoms with Crippen LogP contribution in [-0.2, 0) is 0 Å². The molecule has 1 amide bonds. The Morgan fingerprint density at radius 3 is 2.63 bits per heavy atom. The van der Waals surface area contributed by atoms with Crippen LogP contribution in [0.1, 0.15) is 37.0 Å². The van der Waals surface area contributed by atoms with Crippen molar-refractivity contribution in [1.29, 1.82) is 0 Å². The van der Waals surface area contributed by atoms with E-state index in [4.69, 9.17) is 11.6 Å². The van der Waals surface area contributed by atoms with E-state index in [0.29, 0.717) is 5.56 Å². The molecule has 104 valence electrons. The van der Waals surface area contributed by atoms with Gasteiger partial charge in [0, 0.05) is 24.7 Å². The van der Waals surface area contributed by atoms with Crippen molar-refractivity contribution >= 4 is 23.2 Å². The molecule has 0 heterocycles. The van der Waals surface area contributed by atoms with E-state index >= 15 is 0 Å². The average molecular weight is 285 g/mol. The van der Waals surface area contributed by atoms with E-state index in [9.17, 15) is 14.9 Å². The summed E-state index contributed by atoms with van der Waals surface area (Å²) in [5.41, 5.74) is 0.170. The maximum Gasteiger partial charge on any atom is 0.287 e. The van der Waals surface area contributed by atoms with Crippen LogP contribution in [0.4, 0.5) is 5.69 Å². The number of carbonyl (C=O) groups is 1. The highest BCUT2D eigenvalue weighted by atomic mass is 35.5. The van der Waals surface area contributed by atoms with Gasteiger partial charge in [-0.2, -0.15) is 0 Å². The summed E-state index contributed by atoms with van der Waals surface area (Å²) in [6.07, 6.45) is 1.89.